The number of carboxylic acids is 1. The number of amides is 1. The van der Waals surface area contributed by atoms with Crippen molar-refractivity contribution in [1.82, 2.24) is 15.2 Å². The second kappa shape index (κ2) is 13.3. The van der Waals surface area contributed by atoms with E-state index in [2.05, 4.69) is 10.2 Å². The molecule has 2 N–H and O–H groups in total. The standard InChI is InChI=1S/C36H42ClN3O4.ClH/c1-21-7-5-6-8-28(21)29-10-12-31(34(41)39-36(35(42)43)26-16-23-15-24(18-26)19-27(36)17-23)38-33(29)25-9-11-30(37)32(20-25)44-22(2)13-14-40(3)4;/h5-12,20,22-24,26-27H,13-19H2,1-4H3,(H,39,41)(H,42,43);1H. The number of rotatable bonds is 10. The van der Waals surface area contributed by atoms with Crippen LogP contribution in [0.15, 0.2) is 54.6 Å². The molecule has 1 amide bonds. The molecular formula is C36H43Cl2N3O4. The van der Waals surface area contributed by atoms with Gasteiger partial charge in [-0.15, -0.1) is 12.4 Å². The van der Waals surface area contributed by atoms with Crippen molar-refractivity contribution in [2.75, 3.05) is 20.6 Å². The van der Waals surface area contributed by atoms with E-state index in [0.717, 1.165) is 60.9 Å². The Morgan fingerprint density at radius 1 is 1.02 bits per heavy atom. The first-order valence-corrected chi connectivity index (χ1v) is 16.2. The smallest absolute Gasteiger partial charge is 0.330 e. The van der Waals surface area contributed by atoms with E-state index in [0.29, 0.717) is 28.3 Å². The molecule has 45 heavy (non-hydrogen) atoms. The van der Waals surface area contributed by atoms with Crippen LogP contribution >= 0.6 is 24.0 Å². The zero-order chi connectivity index (χ0) is 31.2. The predicted molar refractivity (Wildman–Crippen MR) is 180 cm³/mol. The largest absolute Gasteiger partial charge is 0.489 e. The quantitative estimate of drug-likeness (QED) is 0.235. The molecule has 1 aromatic heterocycles. The summed E-state index contributed by atoms with van der Waals surface area (Å²) in [4.78, 5) is 33.9. The Labute approximate surface area is 277 Å². The molecule has 240 valence electrons. The molecule has 2 aromatic carbocycles. The van der Waals surface area contributed by atoms with Crippen LogP contribution in [-0.2, 0) is 4.79 Å². The molecule has 4 bridgehead atoms. The van der Waals surface area contributed by atoms with Gasteiger partial charge >= 0.3 is 5.97 Å². The summed E-state index contributed by atoms with van der Waals surface area (Å²) in [5.74, 6) is 0.257. The van der Waals surface area contributed by atoms with Gasteiger partial charge in [-0.1, -0.05) is 41.9 Å². The summed E-state index contributed by atoms with van der Waals surface area (Å²) in [6, 6.07) is 17.3. The average Bonchev–Trinajstić information content (AvgIpc) is 2.98. The highest BCUT2D eigenvalue weighted by Crippen LogP contribution is 2.58. The van der Waals surface area contributed by atoms with Gasteiger partial charge in [0.1, 0.15) is 17.0 Å². The first-order chi connectivity index (χ1) is 21.0. The molecule has 4 aliphatic rings. The van der Waals surface area contributed by atoms with Crippen molar-refractivity contribution in [2.24, 2.45) is 23.7 Å². The van der Waals surface area contributed by atoms with E-state index in [4.69, 9.17) is 21.3 Å². The fourth-order valence-corrected chi connectivity index (χ4v) is 8.30. The van der Waals surface area contributed by atoms with Crippen molar-refractivity contribution in [3.05, 3.63) is 70.9 Å². The van der Waals surface area contributed by atoms with Crippen molar-refractivity contribution >= 4 is 35.9 Å². The van der Waals surface area contributed by atoms with Crippen molar-refractivity contribution < 1.29 is 19.4 Å². The number of carbonyl (C=O) groups excluding carboxylic acids is 1. The fraction of sp³-hybridized carbons (Fsp3) is 0.472. The van der Waals surface area contributed by atoms with Crippen molar-refractivity contribution in [2.45, 2.75) is 64.0 Å². The number of aliphatic carboxylic acids is 1. The third kappa shape index (κ3) is 6.45. The summed E-state index contributed by atoms with van der Waals surface area (Å²) in [5.41, 5.74) is 3.28. The highest BCUT2D eigenvalue weighted by atomic mass is 35.5. The number of aryl methyl sites for hydroxylation is 1. The summed E-state index contributed by atoms with van der Waals surface area (Å²) in [5, 5.41) is 14.1. The summed E-state index contributed by atoms with van der Waals surface area (Å²) in [6.45, 7) is 4.96. The van der Waals surface area contributed by atoms with Crippen LogP contribution in [0.1, 0.15) is 61.5 Å². The van der Waals surface area contributed by atoms with Gasteiger partial charge in [0.15, 0.2) is 0 Å². The van der Waals surface area contributed by atoms with Gasteiger partial charge in [0, 0.05) is 17.7 Å². The molecule has 1 atom stereocenters. The molecule has 0 radical (unpaired) electrons. The van der Waals surface area contributed by atoms with Gasteiger partial charge < -0.3 is 20.1 Å². The van der Waals surface area contributed by atoms with Gasteiger partial charge in [-0.2, -0.15) is 0 Å². The van der Waals surface area contributed by atoms with Crippen molar-refractivity contribution in [3.63, 3.8) is 0 Å². The van der Waals surface area contributed by atoms with Crippen LogP contribution in [-0.4, -0.2) is 59.1 Å². The molecule has 7 rings (SSSR count). The van der Waals surface area contributed by atoms with Gasteiger partial charge in [0.2, 0.25) is 0 Å². The predicted octanol–water partition coefficient (Wildman–Crippen LogP) is 7.53. The van der Waals surface area contributed by atoms with Crippen LogP contribution < -0.4 is 10.1 Å². The molecular weight excluding hydrogens is 609 g/mol. The molecule has 3 aromatic rings. The Morgan fingerprint density at radius 3 is 2.31 bits per heavy atom. The van der Waals surface area contributed by atoms with E-state index in [-0.39, 0.29) is 36.0 Å². The number of pyridine rings is 1. The molecule has 4 fully saturated rings. The number of carbonyl (C=O) groups is 2. The number of carboxylic acid groups (broad SMARTS) is 1. The van der Waals surface area contributed by atoms with E-state index < -0.39 is 17.4 Å². The normalized spacial score (nSPS) is 25.5. The maximum atomic E-state index is 14.0. The lowest BCUT2D eigenvalue weighted by Crippen LogP contribution is -2.70. The third-order valence-electron chi connectivity index (χ3n) is 10.2. The highest BCUT2D eigenvalue weighted by Gasteiger charge is 2.62. The van der Waals surface area contributed by atoms with Gasteiger partial charge in [-0.25, -0.2) is 9.78 Å². The summed E-state index contributed by atoms with van der Waals surface area (Å²) < 4.78 is 6.27. The molecule has 1 heterocycles. The summed E-state index contributed by atoms with van der Waals surface area (Å²) >= 11 is 6.59. The molecule has 9 heteroatoms. The minimum atomic E-state index is -1.25. The number of nitrogens with zero attached hydrogens (tertiary/aromatic N) is 2. The number of benzene rings is 2. The number of ether oxygens (including phenoxy) is 1. The third-order valence-corrected chi connectivity index (χ3v) is 10.5. The fourth-order valence-electron chi connectivity index (χ4n) is 8.14. The van der Waals surface area contributed by atoms with Crippen LogP contribution in [0.5, 0.6) is 5.75 Å². The first-order valence-electron chi connectivity index (χ1n) is 15.8. The Bertz CT molecular complexity index is 1550. The maximum absolute atomic E-state index is 14.0. The maximum Gasteiger partial charge on any atom is 0.330 e. The van der Waals surface area contributed by atoms with Gasteiger partial charge in [0.25, 0.3) is 5.91 Å². The molecule has 0 spiro atoms. The zero-order valence-electron chi connectivity index (χ0n) is 26.4. The molecule has 4 aliphatic carbocycles. The van der Waals surface area contributed by atoms with Crippen LogP contribution in [0.3, 0.4) is 0 Å². The lowest BCUT2D eigenvalue weighted by molar-refractivity contribution is -0.163. The monoisotopic (exact) mass is 651 g/mol. The van der Waals surface area contributed by atoms with E-state index in [1.807, 2.05) is 70.4 Å². The Balaban J connectivity index is 0.00000400. The van der Waals surface area contributed by atoms with Crippen LogP contribution in [0.2, 0.25) is 5.02 Å². The van der Waals surface area contributed by atoms with E-state index >= 15 is 0 Å². The first kappa shape index (κ1) is 33.2. The number of aromatic nitrogens is 1. The lowest BCUT2D eigenvalue weighted by atomic mass is 9.48. The molecule has 7 nitrogen and oxygen atoms in total. The molecule has 1 unspecified atom stereocenters. The van der Waals surface area contributed by atoms with E-state index in [9.17, 15) is 14.7 Å². The van der Waals surface area contributed by atoms with Gasteiger partial charge in [-0.3, -0.25) is 4.79 Å². The van der Waals surface area contributed by atoms with E-state index in [1.54, 1.807) is 12.1 Å². The molecule has 4 saturated carbocycles. The summed E-state index contributed by atoms with van der Waals surface area (Å²) in [7, 11) is 4.06. The minimum absolute atomic E-state index is 0. The molecule has 0 aliphatic heterocycles. The van der Waals surface area contributed by atoms with Crippen LogP contribution in [0.25, 0.3) is 22.4 Å². The van der Waals surface area contributed by atoms with Crippen molar-refractivity contribution in [3.8, 4) is 28.1 Å². The van der Waals surface area contributed by atoms with E-state index in [1.165, 1.54) is 6.42 Å². The second-order valence-corrected chi connectivity index (χ2v) is 13.9. The highest BCUT2D eigenvalue weighted by molar-refractivity contribution is 6.32. The second-order valence-electron chi connectivity index (χ2n) is 13.5. The Morgan fingerprint density at radius 2 is 1.69 bits per heavy atom. The van der Waals surface area contributed by atoms with Crippen molar-refractivity contribution in [1.29, 1.82) is 0 Å². The topological polar surface area (TPSA) is 91.8 Å². The SMILES string of the molecule is Cc1ccccc1-c1ccc(C(=O)NC2(C(=O)O)C3CC4CC(C3)CC2C4)nc1-c1ccc(Cl)c(OC(C)CCN(C)C)c1.Cl. The molecule has 0 saturated heterocycles. The van der Waals surface area contributed by atoms with Crippen LogP contribution in [0.4, 0.5) is 0 Å². The average molecular weight is 653 g/mol. The van der Waals surface area contributed by atoms with Crippen LogP contribution in [0, 0.1) is 30.6 Å². The zero-order valence-corrected chi connectivity index (χ0v) is 28.0. The number of hydrogen-bond acceptors (Lipinski definition) is 5. The Hall–Kier alpha value is -3.13. The van der Waals surface area contributed by atoms with Gasteiger partial charge in [0.05, 0.1) is 16.8 Å². The number of nitrogens with one attached hydrogen (secondary N) is 1. The lowest BCUT2D eigenvalue weighted by Gasteiger charge is -2.59. The number of hydrogen-bond donors (Lipinski definition) is 2. The van der Waals surface area contributed by atoms with Gasteiger partial charge in [-0.05, 0) is 126 Å². The minimum Gasteiger partial charge on any atom is -0.489 e. The summed E-state index contributed by atoms with van der Waals surface area (Å²) in [6.07, 6.45) is 5.44. The Kier molecular flexibility index (Phi) is 9.83. The number of halogens is 2.